The normalized spacial score (nSPS) is 11.9. The van der Waals surface area contributed by atoms with E-state index in [1.54, 1.807) is 13.3 Å². The third-order valence-electron chi connectivity index (χ3n) is 1.82. The average molecular weight is 183 g/mol. The molecule has 0 atom stereocenters. The number of nitrogens with zero attached hydrogens (tertiary/aromatic N) is 1. The van der Waals surface area contributed by atoms with Crippen LogP contribution in [0.1, 0.15) is 19.5 Å². The molecule has 74 valence electrons. The van der Waals surface area contributed by atoms with E-state index in [-0.39, 0.29) is 5.54 Å². The Hall–Kier alpha value is -0.870. The number of methoxy groups -OCH3 is 1. The van der Waals surface area contributed by atoms with E-state index < -0.39 is 0 Å². The zero-order valence-electron chi connectivity index (χ0n) is 8.42. The van der Waals surface area contributed by atoms with Crippen LogP contribution in [-0.2, 0) is 11.3 Å². The van der Waals surface area contributed by atoms with E-state index in [0.29, 0.717) is 6.61 Å². The predicted molar refractivity (Wildman–Crippen MR) is 51.4 cm³/mol. The van der Waals surface area contributed by atoms with Crippen molar-refractivity contribution in [1.82, 2.24) is 15.5 Å². The topological polar surface area (TPSA) is 49.9 Å². The summed E-state index contributed by atoms with van der Waals surface area (Å²) in [5, 5.41) is 10.1. The summed E-state index contributed by atoms with van der Waals surface area (Å²) in [5.41, 5.74) is 1.09. The Morgan fingerprint density at radius 2 is 2.38 bits per heavy atom. The van der Waals surface area contributed by atoms with Gasteiger partial charge in [-0.25, -0.2) is 0 Å². The predicted octanol–water partition coefficient (Wildman–Crippen LogP) is 0.924. The lowest BCUT2D eigenvalue weighted by atomic mass is 10.1. The Balaban J connectivity index is 2.33. The Labute approximate surface area is 78.7 Å². The number of ether oxygens (including phenoxy) is 1. The van der Waals surface area contributed by atoms with Gasteiger partial charge in [-0.1, -0.05) is 0 Å². The summed E-state index contributed by atoms with van der Waals surface area (Å²) in [5.74, 6) is 0. The van der Waals surface area contributed by atoms with E-state index >= 15 is 0 Å². The molecular weight excluding hydrogens is 166 g/mol. The van der Waals surface area contributed by atoms with Gasteiger partial charge >= 0.3 is 0 Å². The van der Waals surface area contributed by atoms with Crippen LogP contribution in [0.3, 0.4) is 0 Å². The first-order chi connectivity index (χ1) is 6.14. The van der Waals surface area contributed by atoms with Crippen molar-refractivity contribution in [2.75, 3.05) is 13.7 Å². The number of rotatable bonds is 5. The lowest BCUT2D eigenvalue weighted by Gasteiger charge is -2.24. The summed E-state index contributed by atoms with van der Waals surface area (Å²) in [6.07, 6.45) is 1.75. The number of H-pyrrole nitrogens is 1. The molecule has 0 aliphatic rings. The van der Waals surface area contributed by atoms with E-state index in [4.69, 9.17) is 4.74 Å². The molecule has 13 heavy (non-hydrogen) atoms. The van der Waals surface area contributed by atoms with Crippen LogP contribution in [-0.4, -0.2) is 29.5 Å². The summed E-state index contributed by atoms with van der Waals surface area (Å²) >= 11 is 0. The van der Waals surface area contributed by atoms with Gasteiger partial charge in [-0.3, -0.25) is 5.10 Å². The Kier molecular flexibility index (Phi) is 3.45. The maximum atomic E-state index is 5.09. The van der Waals surface area contributed by atoms with Crippen molar-refractivity contribution in [3.05, 3.63) is 18.0 Å². The number of hydrogen-bond acceptors (Lipinski definition) is 3. The molecule has 0 aliphatic heterocycles. The van der Waals surface area contributed by atoms with E-state index in [0.717, 1.165) is 12.2 Å². The molecule has 0 spiro atoms. The van der Waals surface area contributed by atoms with Gasteiger partial charge in [-0.05, 0) is 19.9 Å². The molecule has 0 aromatic carbocycles. The van der Waals surface area contributed by atoms with Gasteiger partial charge in [0.05, 0.1) is 6.61 Å². The van der Waals surface area contributed by atoms with Crippen LogP contribution < -0.4 is 5.32 Å². The van der Waals surface area contributed by atoms with Crippen molar-refractivity contribution in [1.29, 1.82) is 0 Å². The molecule has 1 aromatic heterocycles. The highest BCUT2D eigenvalue weighted by Gasteiger charge is 2.16. The molecular formula is C9H17N3O. The van der Waals surface area contributed by atoms with Gasteiger partial charge in [-0.2, -0.15) is 5.10 Å². The van der Waals surface area contributed by atoms with Crippen molar-refractivity contribution >= 4 is 0 Å². The minimum absolute atomic E-state index is 0.000139. The molecule has 0 radical (unpaired) electrons. The Morgan fingerprint density at radius 1 is 1.62 bits per heavy atom. The molecule has 0 amide bonds. The highest BCUT2D eigenvalue weighted by molar-refractivity contribution is 4.97. The lowest BCUT2D eigenvalue weighted by Crippen LogP contribution is -2.42. The fourth-order valence-corrected chi connectivity index (χ4v) is 1.13. The average Bonchev–Trinajstić information content (AvgIpc) is 2.52. The molecule has 4 heteroatoms. The first-order valence-electron chi connectivity index (χ1n) is 4.36. The van der Waals surface area contributed by atoms with Crippen molar-refractivity contribution in [3.63, 3.8) is 0 Å². The maximum Gasteiger partial charge on any atom is 0.0639 e. The van der Waals surface area contributed by atoms with Gasteiger partial charge in [-0.15, -0.1) is 0 Å². The van der Waals surface area contributed by atoms with Crippen LogP contribution in [0.2, 0.25) is 0 Å². The third-order valence-corrected chi connectivity index (χ3v) is 1.82. The van der Waals surface area contributed by atoms with Crippen LogP contribution in [0.5, 0.6) is 0 Å². The molecule has 0 unspecified atom stereocenters. The maximum absolute atomic E-state index is 5.09. The molecule has 0 fully saturated rings. The van der Waals surface area contributed by atoms with Crippen LogP contribution in [0, 0.1) is 0 Å². The molecule has 0 saturated heterocycles. The molecule has 2 N–H and O–H groups in total. The Morgan fingerprint density at radius 3 is 2.92 bits per heavy atom. The SMILES string of the molecule is COCC(C)(C)NCc1ccn[nH]1. The van der Waals surface area contributed by atoms with Crippen molar-refractivity contribution in [3.8, 4) is 0 Å². The summed E-state index contributed by atoms with van der Waals surface area (Å²) in [4.78, 5) is 0. The number of aromatic amines is 1. The molecule has 0 saturated carbocycles. The Bertz CT molecular complexity index is 231. The largest absolute Gasteiger partial charge is 0.383 e. The summed E-state index contributed by atoms with van der Waals surface area (Å²) in [6.45, 7) is 5.69. The van der Waals surface area contributed by atoms with Gasteiger partial charge in [0.15, 0.2) is 0 Å². The molecule has 1 rings (SSSR count). The van der Waals surface area contributed by atoms with E-state index in [1.165, 1.54) is 0 Å². The molecule has 0 aliphatic carbocycles. The minimum Gasteiger partial charge on any atom is -0.383 e. The molecule has 4 nitrogen and oxygen atoms in total. The highest BCUT2D eigenvalue weighted by atomic mass is 16.5. The molecule has 1 aromatic rings. The second-order valence-corrected chi connectivity index (χ2v) is 3.75. The smallest absolute Gasteiger partial charge is 0.0639 e. The fraction of sp³-hybridized carbons (Fsp3) is 0.667. The van der Waals surface area contributed by atoms with Gasteiger partial charge in [0, 0.05) is 31.1 Å². The zero-order valence-corrected chi connectivity index (χ0v) is 8.42. The second-order valence-electron chi connectivity index (χ2n) is 3.75. The van der Waals surface area contributed by atoms with Gasteiger partial charge in [0.2, 0.25) is 0 Å². The van der Waals surface area contributed by atoms with Crippen molar-refractivity contribution in [2.45, 2.75) is 25.9 Å². The number of nitrogens with one attached hydrogen (secondary N) is 2. The summed E-state index contributed by atoms with van der Waals surface area (Å²) < 4.78 is 5.09. The first kappa shape index (κ1) is 10.2. The monoisotopic (exact) mass is 183 g/mol. The van der Waals surface area contributed by atoms with Gasteiger partial charge in [0.1, 0.15) is 0 Å². The standard InChI is InChI=1S/C9H17N3O/c1-9(2,7-13-3)10-6-8-4-5-11-12-8/h4-5,10H,6-7H2,1-3H3,(H,11,12). The first-order valence-corrected chi connectivity index (χ1v) is 4.36. The van der Waals surface area contributed by atoms with Crippen molar-refractivity contribution < 1.29 is 4.74 Å². The molecule has 0 bridgehead atoms. The fourth-order valence-electron chi connectivity index (χ4n) is 1.13. The van der Waals surface area contributed by atoms with Crippen molar-refractivity contribution in [2.24, 2.45) is 0 Å². The number of hydrogen-bond donors (Lipinski definition) is 2. The zero-order chi connectivity index (χ0) is 9.73. The van der Waals surface area contributed by atoms with E-state index in [1.807, 2.05) is 6.07 Å². The van der Waals surface area contributed by atoms with Crippen LogP contribution in [0.4, 0.5) is 0 Å². The quantitative estimate of drug-likeness (QED) is 0.713. The van der Waals surface area contributed by atoms with Gasteiger partial charge < -0.3 is 10.1 Å². The van der Waals surface area contributed by atoms with Crippen LogP contribution in [0.25, 0.3) is 0 Å². The lowest BCUT2D eigenvalue weighted by molar-refractivity contribution is 0.127. The van der Waals surface area contributed by atoms with E-state index in [2.05, 4.69) is 29.4 Å². The number of aromatic nitrogens is 2. The second kappa shape index (κ2) is 4.39. The van der Waals surface area contributed by atoms with Gasteiger partial charge in [0.25, 0.3) is 0 Å². The van der Waals surface area contributed by atoms with E-state index in [9.17, 15) is 0 Å². The third kappa shape index (κ3) is 3.57. The van der Waals surface area contributed by atoms with Crippen LogP contribution >= 0.6 is 0 Å². The molecule has 1 heterocycles. The summed E-state index contributed by atoms with van der Waals surface area (Å²) in [7, 11) is 1.71. The highest BCUT2D eigenvalue weighted by Crippen LogP contribution is 2.03. The minimum atomic E-state index is -0.000139. The summed E-state index contributed by atoms with van der Waals surface area (Å²) in [6, 6.07) is 1.95. The van der Waals surface area contributed by atoms with Crippen LogP contribution in [0.15, 0.2) is 12.3 Å².